The summed E-state index contributed by atoms with van der Waals surface area (Å²) in [7, 11) is 1.80. The minimum atomic E-state index is -0.946. The summed E-state index contributed by atoms with van der Waals surface area (Å²) < 4.78 is 27.2. The van der Waals surface area contributed by atoms with Crippen LogP contribution in [0.1, 0.15) is 197 Å². The van der Waals surface area contributed by atoms with Gasteiger partial charge in [-0.3, -0.25) is 0 Å². The van der Waals surface area contributed by atoms with Crippen LogP contribution in [0.4, 0.5) is 0 Å². The van der Waals surface area contributed by atoms with Gasteiger partial charge < -0.3 is 18.9 Å². The summed E-state index contributed by atoms with van der Waals surface area (Å²) in [5.74, 6) is 3.55. The summed E-state index contributed by atoms with van der Waals surface area (Å²) in [6.07, 6.45) is 33.3. The molecule has 4 aliphatic heterocycles. The molecule has 2 aliphatic carbocycles. The highest BCUT2D eigenvalue weighted by atomic mass is 32.2. The fourth-order valence-corrected chi connectivity index (χ4v) is 15.1. The molecule has 4 bridgehead atoms. The lowest BCUT2D eigenvalue weighted by molar-refractivity contribution is 0.0642. The van der Waals surface area contributed by atoms with Crippen molar-refractivity contribution in [1.29, 1.82) is 0 Å². The van der Waals surface area contributed by atoms with Crippen molar-refractivity contribution >= 4 is 28.6 Å². The van der Waals surface area contributed by atoms with E-state index in [9.17, 15) is 0 Å². The van der Waals surface area contributed by atoms with E-state index >= 15 is 0 Å². The van der Waals surface area contributed by atoms with Gasteiger partial charge in [-0.2, -0.15) is 0 Å². The Labute approximate surface area is 449 Å². The highest BCUT2D eigenvalue weighted by Gasteiger charge is 2.55. The molecule has 2 spiro atoms. The van der Waals surface area contributed by atoms with E-state index in [4.69, 9.17) is 18.9 Å². The van der Waals surface area contributed by atoms with E-state index in [1.165, 1.54) is 154 Å². The summed E-state index contributed by atoms with van der Waals surface area (Å²) in [5.41, 5.74) is 7.94. The molecule has 5 heteroatoms. The second kappa shape index (κ2) is 23.4. The molecule has 4 heterocycles. The van der Waals surface area contributed by atoms with Crippen LogP contribution in [0.5, 0.6) is 23.0 Å². The smallest absolute Gasteiger partial charge is 0.178 e. The summed E-state index contributed by atoms with van der Waals surface area (Å²) in [5, 5.41) is 2.28. The quantitative estimate of drug-likeness (QED) is 0.177. The van der Waals surface area contributed by atoms with Crippen molar-refractivity contribution in [2.45, 2.75) is 190 Å². The number of hydrogen-bond acceptors (Lipinski definition) is 5. The average Bonchev–Trinajstić information content (AvgIpc) is 3.66. The summed E-state index contributed by atoms with van der Waals surface area (Å²) in [6.45, 7) is 11.4. The first-order valence-electron chi connectivity index (χ1n) is 29.0. The summed E-state index contributed by atoms with van der Waals surface area (Å²) in [4.78, 5) is 2.27. The fourth-order valence-electron chi connectivity index (χ4n) is 14.2. The van der Waals surface area contributed by atoms with E-state index in [2.05, 4.69) is 155 Å². The number of hydrogen-bond donors (Lipinski definition) is 0. The fraction of sp³-hybridized carbons (Fsp3) is 0.478. The van der Waals surface area contributed by atoms with Crippen LogP contribution < -0.4 is 18.9 Å². The molecular weight excluding hydrogens is 925 g/mol. The predicted octanol–water partition coefficient (Wildman–Crippen LogP) is 20.0. The van der Waals surface area contributed by atoms with Crippen LogP contribution in [0.3, 0.4) is 0 Å². The van der Waals surface area contributed by atoms with Crippen LogP contribution in [0, 0.1) is 10.8 Å². The Morgan fingerprint density at radius 3 is 1.50 bits per heavy atom. The van der Waals surface area contributed by atoms with E-state index in [0.29, 0.717) is 0 Å². The first-order chi connectivity index (χ1) is 36.1. The van der Waals surface area contributed by atoms with E-state index in [1.807, 2.05) is 0 Å². The molecule has 0 N–H and O–H groups in total. The van der Waals surface area contributed by atoms with Crippen LogP contribution in [0.15, 0.2) is 131 Å². The van der Waals surface area contributed by atoms with Gasteiger partial charge in [0.25, 0.3) is 0 Å². The molecule has 6 aromatic rings. The van der Waals surface area contributed by atoms with Gasteiger partial charge >= 0.3 is 0 Å². The summed E-state index contributed by atoms with van der Waals surface area (Å²) in [6, 6.07) is 42.2. The molecule has 0 aromatic heterocycles. The number of methoxy groups -OCH3 is 1. The first-order valence-corrected chi connectivity index (χ1v) is 29.8. The molecule has 0 radical (unpaired) electrons. The Balaban J connectivity index is 1.05. The second-order valence-corrected chi connectivity index (χ2v) is 25.2. The zero-order chi connectivity index (χ0) is 51.0. The molecule has 1 saturated carbocycles. The van der Waals surface area contributed by atoms with E-state index < -0.39 is 5.60 Å². The van der Waals surface area contributed by atoms with E-state index in [0.717, 1.165) is 83.3 Å². The third-order valence-corrected chi connectivity index (χ3v) is 17.9. The molecule has 6 aromatic carbocycles. The van der Waals surface area contributed by atoms with E-state index in [1.54, 1.807) is 18.9 Å². The van der Waals surface area contributed by atoms with Gasteiger partial charge in [0.05, 0.1) is 25.2 Å². The second-order valence-electron chi connectivity index (χ2n) is 24.1. The zero-order valence-electron chi connectivity index (χ0n) is 45.6. The minimum absolute atomic E-state index is 0.118. The lowest BCUT2D eigenvalue weighted by Crippen LogP contribution is -2.44. The molecule has 4 nitrogen and oxygen atoms in total. The number of rotatable bonds is 3. The average molecular weight is 1010 g/mol. The Hall–Kier alpha value is -5.13. The molecule has 12 rings (SSSR count). The minimum Gasteiger partial charge on any atom is -0.496 e. The molecule has 6 aliphatic rings. The van der Waals surface area contributed by atoms with Gasteiger partial charge in [-0.05, 0) is 125 Å². The lowest BCUT2D eigenvalue weighted by Gasteiger charge is -2.52. The van der Waals surface area contributed by atoms with Gasteiger partial charge in [0.2, 0.25) is 0 Å². The molecular formula is C69H84O4S. The van der Waals surface area contributed by atoms with Crippen molar-refractivity contribution in [2.24, 2.45) is 10.8 Å². The molecule has 0 amide bonds. The zero-order valence-corrected chi connectivity index (χ0v) is 46.5. The van der Waals surface area contributed by atoms with Crippen molar-refractivity contribution in [2.75, 3.05) is 20.3 Å². The Morgan fingerprint density at radius 2 is 0.986 bits per heavy atom. The first kappa shape index (κ1) is 52.3. The monoisotopic (exact) mass is 1010 g/mol. The topological polar surface area (TPSA) is 36.9 Å². The van der Waals surface area contributed by atoms with Crippen molar-refractivity contribution in [3.8, 4) is 34.1 Å². The molecule has 74 heavy (non-hydrogen) atoms. The third-order valence-electron chi connectivity index (χ3n) is 16.9. The van der Waals surface area contributed by atoms with Crippen LogP contribution >= 0.6 is 11.8 Å². The molecule has 1 fully saturated rings. The molecule has 0 saturated heterocycles. The van der Waals surface area contributed by atoms with Crippen LogP contribution in [-0.2, 0) is 11.0 Å². The van der Waals surface area contributed by atoms with Gasteiger partial charge in [-0.1, -0.05) is 221 Å². The van der Waals surface area contributed by atoms with Crippen molar-refractivity contribution in [3.63, 3.8) is 0 Å². The van der Waals surface area contributed by atoms with Gasteiger partial charge in [0, 0.05) is 32.4 Å². The van der Waals surface area contributed by atoms with E-state index in [-0.39, 0.29) is 16.2 Å². The van der Waals surface area contributed by atoms with Crippen LogP contribution in [0.25, 0.3) is 28.0 Å². The van der Waals surface area contributed by atoms with Crippen LogP contribution in [0.2, 0.25) is 0 Å². The number of benzene rings is 6. The van der Waals surface area contributed by atoms with Crippen LogP contribution in [-0.4, -0.2) is 20.3 Å². The largest absolute Gasteiger partial charge is 0.496 e. The van der Waals surface area contributed by atoms with Gasteiger partial charge in [0.15, 0.2) is 5.60 Å². The maximum atomic E-state index is 8.00. The maximum Gasteiger partial charge on any atom is 0.178 e. The number of fused-ring (bicyclic) bond motifs is 12. The Morgan fingerprint density at radius 1 is 0.500 bits per heavy atom. The van der Waals surface area contributed by atoms with Crippen molar-refractivity contribution < 1.29 is 18.9 Å². The normalized spacial score (nSPS) is 20.2. The third kappa shape index (κ3) is 11.5. The standard InChI is InChI=1S/C69H84O4S/c1-66(2)48-67(3,4)50-68(49-66)60-33-27-26-32-56(60)63-58-47-62(74-55-30-24-23-25-31-55)61(70-5)46-59(58)65-57(64(63)68)42-43-69(73-65)51-34-38-53(39-35-51)71-44-28-21-19-17-15-13-11-9-7-6-8-10-12-14-16-18-20-22-29-45-72-54-40-36-52(69)37-41-54/h23-27,30-43,46-47H,6-22,28-29,44-45,48-50H2,1-5H3. The molecule has 0 atom stereocenters. The predicted molar refractivity (Wildman–Crippen MR) is 311 cm³/mol. The SMILES string of the molecule is COc1cc2c3c(c4c(c2cc1Sc1ccccc1)-c1ccccc1C41CC(C)(C)CC(C)(C)C1)C=CC1(O3)c2ccc(cc2)OCCCCCCCCCCCCCCCCCCCCCOc2ccc1cc2. The highest BCUT2D eigenvalue weighted by Crippen LogP contribution is 2.67. The molecule has 390 valence electrons. The van der Waals surface area contributed by atoms with Crippen molar-refractivity contribution in [1.82, 2.24) is 0 Å². The lowest BCUT2D eigenvalue weighted by atomic mass is 9.52. The Kier molecular flexibility index (Phi) is 16.5. The molecule has 0 unspecified atom stereocenters. The van der Waals surface area contributed by atoms with Crippen molar-refractivity contribution in [3.05, 3.63) is 149 Å². The summed E-state index contributed by atoms with van der Waals surface area (Å²) >= 11 is 1.76. The highest BCUT2D eigenvalue weighted by molar-refractivity contribution is 7.99. The maximum absolute atomic E-state index is 8.00. The Bertz CT molecular complexity index is 2760. The van der Waals surface area contributed by atoms with Gasteiger partial charge in [0.1, 0.15) is 23.0 Å². The van der Waals surface area contributed by atoms with Gasteiger partial charge in [-0.15, -0.1) is 0 Å². The van der Waals surface area contributed by atoms with Gasteiger partial charge in [-0.25, -0.2) is 0 Å². The number of ether oxygens (including phenoxy) is 4.